The topological polar surface area (TPSA) is 64.6 Å². The number of allylic oxidation sites excluding steroid dienone is 1. The van der Waals surface area contributed by atoms with Crippen LogP contribution >= 0.6 is 0 Å². The van der Waals surface area contributed by atoms with Crippen molar-refractivity contribution < 1.29 is 18.8 Å². The van der Waals surface area contributed by atoms with E-state index in [2.05, 4.69) is 11.9 Å². The van der Waals surface area contributed by atoms with Crippen LogP contribution in [0.4, 0.5) is 0 Å². The van der Waals surface area contributed by atoms with Gasteiger partial charge in [-0.25, -0.2) is 0 Å². The Morgan fingerprint density at radius 1 is 1.45 bits per heavy atom. The van der Waals surface area contributed by atoms with Gasteiger partial charge in [0.05, 0.1) is 6.61 Å². The molecule has 0 aliphatic heterocycles. The summed E-state index contributed by atoms with van der Waals surface area (Å²) in [6.45, 7) is 9.05. The fourth-order valence-corrected chi connectivity index (χ4v) is 3.20. The molecule has 1 saturated carbocycles. The van der Waals surface area contributed by atoms with Gasteiger partial charge < -0.3 is 14.5 Å². The van der Waals surface area contributed by atoms with E-state index < -0.39 is 21.1 Å². The second-order valence-corrected chi connectivity index (χ2v) is 6.42. The SMILES string of the molecule is C=CC1CC1(C(=O)NCCC[SiH2]OCC)C(=O)OCC. The zero-order chi connectivity index (χ0) is 15.0. The molecule has 6 heteroatoms. The van der Waals surface area contributed by atoms with E-state index in [-0.39, 0.29) is 18.4 Å². The van der Waals surface area contributed by atoms with E-state index in [0.29, 0.717) is 13.0 Å². The molecule has 1 aliphatic carbocycles. The predicted octanol–water partition coefficient (Wildman–Crippen LogP) is 0.787. The highest BCUT2D eigenvalue weighted by molar-refractivity contribution is 6.26. The van der Waals surface area contributed by atoms with Gasteiger partial charge in [-0.1, -0.05) is 6.08 Å². The largest absolute Gasteiger partial charge is 0.465 e. The van der Waals surface area contributed by atoms with Crippen molar-refractivity contribution in [2.75, 3.05) is 19.8 Å². The van der Waals surface area contributed by atoms with Crippen LogP contribution in [0.15, 0.2) is 12.7 Å². The minimum atomic E-state index is -1.02. The van der Waals surface area contributed by atoms with E-state index in [1.165, 1.54) is 0 Å². The zero-order valence-electron chi connectivity index (χ0n) is 12.4. The van der Waals surface area contributed by atoms with Crippen LogP contribution in [0.2, 0.25) is 6.04 Å². The molecule has 1 fully saturated rings. The molecule has 5 nitrogen and oxygen atoms in total. The minimum absolute atomic E-state index is 0.0978. The van der Waals surface area contributed by atoms with Crippen LogP contribution < -0.4 is 5.32 Å². The van der Waals surface area contributed by atoms with Gasteiger partial charge in [-0.2, -0.15) is 0 Å². The summed E-state index contributed by atoms with van der Waals surface area (Å²) < 4.78 is 10.4. The third-order valence-electron chi connectivity index (χ3n) is 3.55. The Kier molecular flexibility index (Phi) is 6.94. The maximum atomic E-state index is 12.2. The highest BCUT2D eigenvalue weighted by atomic mass is 28.2. The van der Waals surface area contributed by atoms with Crippen LogP contribution in [0.1, 0.15) is 26.7 Å². The maximum Gasteiger partial charge on any atom is 0.322 e. The van der Waals surface area contributed by atoms with Crippen molar-refractivity contribution >= 4 is 21.6 Å². The minimum Gasteiger partial charge on any atom is -0.465 e. The number of hydrogen-bond acceptors (Lipinski definition) is 4. The van der Waals surface area contributed by atoms with Gasteiger partial charge in [0.2, 0.25) is 5.91 Å². The number of carbonyl (C=O) groups excluding carboxylic acids is 2. The molecule has 1 N–H and O–H groups in total. The zero-order valence-corrected chi connectivity index (χ0v) is 13.9. The lowest BCUT2D eigenvalue weighted by Crippen LogP contribution is -2.39. The van der Waals surface area contributed by atoms with E-state index >= 15 is 0 Å². The number of nitrogens with one attached hydrogen (secondary N) is 1. The molecule has 0 heterocycles. The van der Waals surface area contributed by atoms with Crippen molar-refractivity contribution in [2.45, 2.75) is 32.7 Å². The Hall–Kier alpha value is -1.14. The number of rotatable bonds is 10. The van der Waals surface area contributed by atoms with Crippen LogP contribution in [0.5, 0.6) is 0 Å². The summed E-state index contributed by atoms with van der Waals surface area (Å²) in [7, 11) is -0.450. The number of hydrogen-bond donors (Lipinski definition) is 1. The molecule has 0 aromatic rings. The molecule has 2 unspecified atom stereocenters. The first-order chi connectivity index (χ1) is 9.63. The molecule has 2 atom stereocenters. The summed E-state index contributed by atoms with van der Waals surface area (Å²) in [5, 5.41) is 2.85. The monoisotopic (exact) mass is 299 g/mol. The van der Waals surface area contributed by atoms with Gasteiger partial charge >= 0.3 is 5.97 Å². The van der Waals surface area contributed by atoms with Gasteiger partial charge in [-0.3, -0.25) is 9.59 Å². The van der Waals surface area contributed by atoms with Crippen molar-refractivity contribution in [1.29, 1.82) is 0 Å². The molecule has 1 aliphatic rings. The summed E-state index contributed by atoms with van der Waals surface area (Å²) in [6, 6.07) is 1.03. The standard InChI is InChI=1S/C14H25NO4Si/c1-4-11-10-14(11,13(17)18-5-2)12(16)15-8-7-9-20-19-6-3/h4,11H,1,5-10,20H2,2-3H3,(H,15,16). The third-order valence-corrected chi connectivity index (χ3v) is 5.03. The first-order valence-corrected chi connectivity index (χ1v) is 8.87. The van der Waals surface area contributed by atoms with Gasteiger partial charge in [0.1, 0.15) is 0 Å². The van der Waals surface area contributed by atoms with E-state index in [0.717, 1.165) is 19.1 Å². The fraction of sp³-hybridized carbons (Fsp3) is 0.714. The summed E-state index contributed by atoms with van der Waals surface area (Å²) in [5.41, 5.74) is -1.02. The summed E-state index contributed by atoms with van der Waals surface area (Å²) in [4.78, 5) is 24.2. The third kappa shape index (κ3) is 3.93. The average Bonchev–Trinajstić information content (AvgIpc) is 3.18. The van der Waals surface area contributed by atoms with E-state index in [4.69, 9.17) is 9.16 Å². The molecule has 0 saturated heterocycles. The Labute approximate surface area is 123 Å². The van der Waals surface area contributed by atoms with Crippen molar-refractivity contribution in [3.63, 3.8) is 0 Å². The van der Waals surface area contributed by atoms with Crippen molar-refractivity contribution in [3.8, 4) is 0 Å². The van der Waals surface area contributed by atoms with Gasteiger partial charge in [0.15, 0.2) is 15.2 Å². The number of ether oxygens (including phenoxy) is 1. The molecule has 20 heavy (non-hydrogen) atoms. The second-order valence-electron chi connectivity index (χ2n) is 4.90. The van der Waals surface area contributed by atoms with Crippen molar-refractivity contribution in [2.24, 2.45) is 11.3 Å². The normalized spacial score (nSPS) is 24.6. The molecular weight excluding hydrogens is 274 g/mol. The Balaban J connectivity index is 2.39. The quantitative estimate of drug-likeness (QED) is 0.213. The molecule has 1 amide bonds. The van der Waals surface area contributed by atoms with Crippen LogP contribution in [-0.4, -0.2) is 41.4 Å². The van der Waals surface area contributed by atoms with Crippen molar-refractivity contribution in [1.82, 2.24) is 5.32 Å². The molecule has 0 aromatic heterocycles. The number of esters is 1. The van der Waals surface area contributed by atoms with Crippen LogP contribution in [-0.2, 0) is 18.8 Å². The Bertz CT molecular complexity index is 361. The van der Waals surface area contributed by atoms with E-state index in [1.54, 1.807) is 13.0 Å². The highest BCUT2D eigenvalue weighted by Gasteiger charge is 2.65. The van der Waals surface area contributed by atoms with Crippen LogP contribution in [0.25, 0.3) is 0 Å². The first-order valence-electron chi connectivity index (χ1n) is 7.29. The number of amides is 1. The average molecular weight is 299 g/mol. The fourth-order valence-electron chi connectivity index (χ4n) is 2.25. The molecule has 114 valence electrons. The van der Waals surface area contributed by atoms with Crippen LogP contribution in [0.3, 0.4) is 0 Å². The summed E-state index contributed by atoms with van der Waals surface area (Å²) in [5.74, 6) is -0.746. The molecule has 1 rings (SSSR count). The molecular formula is C14H25NO4Si. The Morgan fingerprint density at radius 2 is 2.20 bits per heavy atom. The molecule has 0 bridgehead atoms. The second kappa shape index (κ2) is 8.21. The van der Waals surface area contributed by atoms with Gasteiger partial charge in [-0.15, -0.1) is 6.58 Å². The smallest absolute Gasteiger partial charge is 0.322 e. The Morgan fingerprint density at radius 3 is 2.75 bits per heavy atom. The molecule has 0 radical (unpaired) electrons. The predicted molar refractivity (Wildman–Crippen MR) is 80.0 cm³/mol. The van der Waals surface area contributed by atoms with Gasteiger partial charge in [-0.05, 0) is 32.7 Å². The van der Waals surface area contributed by atoms with E-state index in [1.807, 2.05) is 6.92 Å². The first kappa shape index (κ1) is 16.9. The summed E-state index contributed by atoms with van der Waals surface area (Å²) in [6.07, 6.45) is 3.07. The maximum absolute atomic E-state index is 12.2. The van der Waals surface area contributed by atoms with E-state index in [9.17, 15) is 9.59 Å². The lowest BCUT2D eigenvalue weighted by atomic mass is 10.0. The summed E-state index contributed by atoms with van der Waals surface area (Å²) >= 11 is 0. The van der Waals surface area contributed by atoms with Crippen molar-refractivity contribution in [3.05, 3.63) is 12.7 Å². The lowest BCUT2D eigenvalue weighted by molar-refractivity contribution is -0.154. The molecule has 0 spiro atoms. The molecule has 0 aromatic carbocycles. The van der Waals surface area contributed by atoms with Crippen LogP contribution in [0, 0.1) is 11.3 Å². The highest BCUT2D eigenvalue weighted by Crippen LogP contribution is 2.54. The van der Waals surface area contributed by atoms with Gasteiger partial charge in [0.25, 0.3) is 0 Å². The number of carbonyl (C=O) groups is 2. The lowest BCUT2D eigenvalue weighted by Gasteiger charge is -2.15. The van der Waals surface area contributed by atoms with Gasteiger partial charge in [0, 0.05) is 19.1 Å².